The predicted octanol–water partition coefficient (Wildman–Crippen LogP) is 3.47. The van der Waals surface area contributed by atoms with Crippen molar-refractivity contribution in [1.29, 1.82) is 0 Å². The first-order chi connectivity index (χ1) is 9.92. The van der Waals surface area contributed by atoms with Gasteiger partial charge in [-0.2, -0.15) is 0 Å². The lowest BCUT2D eigenvalue weighted by molar-refractivity contribution is 0.390. The maximum absolute atomic E-state index is 12.5. The number of hydrogen-bond donors (Lipinski definition) is 1. The molecule has 7 heteroatoms. The molecule has 0 amide bonds. The summed E-state index contributed by atoms with van der Waals surface area (Å²) >= 11 is 12.1. The summed E-state index contributed by atoms with van der Waals surface area (Å²) in [6.45, 7) is 0. The smallest absolute Gasteiger partial charge is 0.242 e. The second-order valence-electron chi connectivity index (χ2n) is 5.80. The van der Waals surface area contributed by atoms with Crippen molar-refractivity contribution in [2.45, 2.75) is 36.6 Å². The molecule has 4 nitrogen and oxygen atoms in total. The van der Waals surface area contributed by atoms with Crippen LogP contribution in [0.15, 0.2) is 17.0 Å². The Bertz CT molecular complexity index is 662. The second kappa shape index (κ2) is 5.61. The number of fused-ring (bicyclic) bond motifs is 2. The number of hydrogen-bond acceptors (Lipinski definition) is 3. The highest BCUT2D eigenvalue weighted by Gasteiger charge is 2.41. The lowest BCUT2D eigenvalue weighted by atomic mass is 9.96. The maximum Gasteiger partial charge on any atom is 0.242 e. The SMILES string of the molecule is COc1ccc(S(=O)(=O)N[C@H]2C[C@@H]3CC[C@H]2C3)c(Cl)c1Cl. The third kappa shape index (κ3) is 2.77. The molecule has 116 valence electrons. The molecule has 1 aromatic rings. The Hall–Kier alpha value is -0.490. The molecule has 0 spiro atoms. The summed E-state index contributed by atoms with van der Waals surface area (Å²) in [6, 6.07) is 2.97. The first-order valence-electron chi connectivity index (χ1n) is 6.96. The Kier molecular flexibility index (Phi) is 4.12. The van der Waals surface area contributed by atoms with Gasteiger partial charge in [0.1, 0.15) is 15.7 Å². The van der Waals surface area contributed by atoms with E-state index in [-0.39, 0.29) is 21.0 Å². The monoisotopic (exact) mass is 349 g/mol. The zero-order valence-corrected chi connectivity index (χ0v) is 13.9. The highest BCUT2D eigenvalue weighted by molar-refractivity contribution is 7.89. The van der Waals surface area contributed by atoms with Crippen molar-refractivity contribution in [2.24, 2.45) is 11.8 Å². The summed E-state index contributed by atoms with van der Waals surface area (Å²) in [4.78, 5) is 0.0118. The Morgan fingerprint density at radius 2 is 1.95 bits per heavy atom. The number of nitrogens with one attached hydrogen (secondary N) is 1. The highest BCUT2D eigenvalue weighted by atomic mass is 35.5. The number of halogens is 2. The van der Waals surface area contributed by atoms with Gasteiger partial charge in [0.15, 0.2) is 0 Å². The van der Waals surface area contributed by atoms with E-state index >= 15 is 0 Å². The van der Waals surface area contributed by atoms with Crippen LogP contribution in [0, 0.1) is 11.8 Å². The van der Waals surface area contributed by atoms with Crippen LogP contribution < -0.4 is 9.46 Å². The molecule has 0 radical (unpaired) electrons. The van der Waals surface area contributed by atoms with Crippen molar-refractivity contribution in [3.05, 3.63) is 22.2 Å². The lowest BCUT2D eigenvalue weighted by Gasteiger charge is -2.23. The molecule has 21 heavy (non-hydrogen) atoms. The summed E-state index contributed by atoms with van der Waals surface area (Å²) in [5, 5.41) is 0.127. The number of benzene rings is 1. The van der Waals surface area contributed by atoms with E-state index in [1.807, 2.05) is 0 Å². The average molecular weight is 350 g/mol. The highest BCUT2D eigenvalue weighted by Crippen LogP contribution is 2.45. The second-order valence-corrected chi connectivity index (χ2v) is 8.23. The van der Waals surface area contributed by atoms with E-state index in [4.69, 9.17) is 27.9 Å². The van der Waals surface area contributed by atoms with Gasteiger partial charge in [0, 0.05) is 6.04 Å². The molecule has 0 unspecified atom stereocenters. The fourth-order valence-corrected chi connectivity index (χ4v) is 5.69. The van der Waals surface area contributed by atoms with Crippen molar-refractivity contribution < 1.29 is 13.2 Å². The molecule has 3 rings (SSSR count). The molecule has 2 fully saturated rings. The summed E-state index contributed by atoms with van der Waals surface area (Å²) in [6.07, 6.45) is 4.38. The molecule has 0 saturated heterocycles. The molecule has 0 aliphatic heterocycles. The largest absolute Gasteiger partial charge is 0.495 e. The van der Waals surface area contributed by atoms with Crippen molar-refractivity contribution in [2.75, 3.05) is 7.11 Å². The molecule has 2 aliphatic rings. The molecule has 1 N–H and O–H groups in total. The van der Waals surface area contributed by atoms with Crippen molar-refractivity contribution in [3.8, 4) is 5.75 Å². The van der Waals surface area contributed by atoms with Gasteiger partial charge in [0.05, 0.1) is 12.1 Å². The van der Waals surface area contributed by atoms with Crippen LogP contribution in [0.25, 0.3) is 0 Å². The summed E-state index contributed by atoms with van der Waals surface area (Å²) in [5.74, 6) is 1.48. The zero-order chi connectivity index (χ0) is 15.2. The van der Waals surface area contributed by atoms with Crippen LogP contribution in [0.1, 0.15) is 25.7 Å². The third-order valence-corrected chi connectivity index (χ3v) is 7.07. The first kappa shape index (κ1) is 15.4. The number of ether oxygens (including phenoxy) is 1. The molecular formula is C14H17Cl2NO3S. The molecule has 1 aromatic carbocycles. The van der Waals surface area contributed by atoms with E-state index in [9.17, 15) is 8.42 Å². The molecular weight excluding hydrogens is 333 g/mol. The normalized spacial score (nSPS) is 28.0. The van der Waals surface area contributed by atoms with Crippen molar-refractivity contribution in [1.82, 2.24) is 4.72 Å². The Morgan fingerprint density at radius 3 is 2.52 bits per heavy atom. The van der Waals surface area contributed by atoms with Crippen LogP contribution in [-0.2, 0) is 10.0 Å². The minimum absolute atomic E-state index is 0.00618. The topological polar surface area (TPSA) is 55.4 Å². The van der Waals surface area contributed by atoms with Crippen LogP contribution in [0.5, 0.6) is 5.75 Å². The van der Waals surface area contributed by atoms with Gasteiger partial charge in [0.2, 0.25) is 10.0 Å². The molecule has 0 heterocycles. The Morgan fingerprint density at radius 1 is 1.19 bits per heavy atom. The Labute approximate surface area is 134 Å². The quantitative estimate of drug-likeness (QED) is 0.905. The van der Waals surface area contributed by atoms with Gasteiger partial charge in [-0.3, -0.25) is 0 Å². The summed E-state index contributed by atoms with van der Waals surface area (Å²) in [7, 11) is -2.21. The summed E-state index contributed by atoms with van der Waals surface area (Å²) in [5.41, 5.74) is 0. The van der Waals surface area contributed by atoms with Crippen molar-refractivity contribution >= 4 is 33.2 Å². The van der Waals surface area contributed by atoms with E-state index in [1.54, 1.807) is 0 Å². The van der Waals surface area contributed by atoms with Crippen LogP contribution in [0.4, 0.5) is 0 Å². The van der Waals surface area contributed by atoms with Crippen molar-refractivity contribution in [3.63, 3.8) is 0 Å². The number of rotatable bonds is 4. The van der Waals surface area contributed by atoms with Gasteiger partial charge in [-0.1, -0.05) is 29.6 Å². The van der Waals surface area contributed by atoms with Gasteiger partial charge in [-0.15, -0.1) is 0 Å². The van der Waals surface area contributed by atoms with Gasteiger partial charge in [-0.25, -0.2) is 13.1 Å². The number of methoxy groups -OCH3 is 1. The summed E-state index contributed by atoms with van der Waals surface area (Å²) < 4.78 is 32.9. The Balaban J connectivity index is 1.87. The fourth-order valence-electron chi connectivity index (χ4n) is 3.53. The van der Waals surface area contributed by atoms with Crippen LogP contribution in [-0.4, -0.2) is 21.6 Å². The van der Waals surface area contributed by atoms with Crippen LogP contribution in [0.3, 0.4) is 0 Å². The third-order valence-electron chi connectivity index (χ3n) is 4.57. The number of sulfonamides is 1. The van der Waals surface area contributed by atoms with E-state index in [1.165, 1.54) is 25.7 Å². The maximum atomic E-state index is 12.5. The van der Waals surface area contributed by atoms with Crippen LogP contribution in [0.2, 0.25) is 10.0 Å². The van der Waals surface area contributed by atoms with E-state index in [0.29, 0.717) is 17.6 Å². The predicted molar refractivity (Wildman–Crippen MR) is 82.6 cm³/mol. The first-order valence-corrected chi connectivity index (χ1v) is 9.20. The van der Waals surface area contributed by atoms with Gasteiger partial charge in [-0.05, 0) is 43.2 Å². The van der Waals surface area contributed by atoms with E-state index < -0.39 is 10.0 Å². The molecule has 2 aliphatic carbocycles. The molecule has 0 aromatic heterocycles. The van der Waals surface area contributed by atoms with Gasteiger partial charge < -0.3 is 4.74 Å². The van der Waals surface area contributed by atoms with Gasteiger partial charge >= 0.3 is 0 Å². The van der Waals surface area contributed by atoms with E-state index in [0.717, 1.165) is 19.3 Å². The van der Waals surface area contributed by atoms with E-state index in [2.05, 4.69) is 4.72 Å². The molecule has 2 saturated carbocycles. The van der Waals surface area contributed by atoms with Crippen LogP contribution >= 0.6 is 23.2 Å². The molecule has 3 atom stereocenters. The van der Waals surface area contributed by atoms with Gasteiger partial charge in [0.25, 0.3) is 0 Å². The fraction of sp³-hybridized carbons (Fsp3) is 0.571. The minimum Gasteiger partial charge on any atom is -0.495 e. The lowest BCUT2D eigenvalue weighted by Crippen LogP contribution is -2.38. The minimum atomic E-state index is -3.67. The standard InChI is InChI=1S/C14H17Cl2NO3S/c1-20-11-4-5-12(14(16)13(11)15)21(18,19)17-10-7-8-2-3-9(10)6-8/h4-5,8-10,17H,2-3,6-7H2,1H3/t8-,9+,10+/m1/s1. The average Bonchev–Trinajstić information content (AvgIpc) is 3.03. The zero-order valence-electron chi connectivity index (χ0n) is 11.6. The molecule has 2 bridgehead atoms.